The third-order valence-electron chi connectivity index (χ3n) is 3.43. The van der Waals surface area contributed by atoms with Crippen LogP contribution in [0.25, 0.3) is 21.9 Å². The molecule has 0 radical (unpaired) electrons. The zero-order chi connectivity index (χ0) is 12.7. The van der Waals surface area contributed by atoms with Crippen molar-refractivity contribution in [2.24, 2.45) is 5.92 Å². The second-order valence-electron chi connectivity index (χ2n) is 5.45. The molecule has 2 aromatic carbocycles. The Morgan fingerprint density at radius 3 is 2.33 bits per heavy atom. The molecule has 0 aliphatic rings. The van der Waals surface area contributed by atoms with E-state index in [4.69, 9.17) is 4.42 Å². The Morgan fingerprint density at radius 2 is 1.61 bits per heavy atom. The van der Waals surface area contributed by atoms with Crippen LogP contribution in [-0.4, -0.2) is 0 Å². The minimum atomic E-state index is 0.643. The highest BCUT2D eigenvalue weighted by Crippen LogP contribution is 2.33. The molecule has 0 fully saturated rings. The van der Waals surface area contributed by atoms with Gasteiger partial charge < -0.3 is 4.42 Å². The molecular weight excluding hydrogens is 220 g/mol. The minimum absolute atomic E-state index is 0.643. The summed E-state index contributed by atoms with van der Waals surface area (Å²) in [7, 11) is 0. The smallest absolute Gasteiger partial charge is 0.138 e. The van der Waals surface area contributed by atoms with Crippen molar-refractivity contribution < 1.29 is 4.42 Å². The Hall–Kier alpha value is -1.76. The molecule has 92 valence electrons. The van der Waals surface area contributed by atoms with Crippen molar-refractivity contribution in [1.82, 2.24) is 0 Å². The number of para-hydroxylation sites is 2. The SMILES string of the molecule is Cc1cccc2c1oc1c(CC(C)C)cccc12. The van der Waals surface area contributed by atoms with Gasteiger partial charge in [-0.05, 0) is 30.4 Å². The van der Waals surface area contributed by atoms with E-state index in [2.05, 4.69) is 57.2 Å². The van der Waals surface area contributed by atoms with Crippen LogP contribution in [-0.2, 0) is 6.42 Å². The van der Waals surface area contributed by atoms with E-state index < -0.39 is 0 Å². The number of benzene rings is 2. The highest BCUT2D eigenvalue weighted by atomic mass is 16.3. The van der Waals surface area contributed by atoms with E-state index in [0.717, 1.165) is 17.6 Å². The molecule has 0 aliphatic carbocycles. The maximum atomic E-state index is 6.12. The summed E-state index contributed by atoms with van der Waals surface area (Å²) >= 11 is 0. The maximum absolute atomic E-state index is 6.12. The Labute approximate surface area is 107 Å². The van der Waals surface area contributed by atoms with Gasteiger partial charge in [-0.25, -0.2) is 0 Å². The largest absolute Gasteiger partial charge is 0.455 e. The molecule has 0 atom stereocenters. The highest BCUT2D eigenvalue weighted by Gasteiger charge is 2.12. The third kappa shape index (κ3) is 1.71. The van der Waals surface area contributed by atoms with Gasteiger partial charge in [-0.15, -0.1) is 0 Å². The second kappa shape index (κ2) is 4.16. The molecule has 0 saturated carbocycles. The fraction of sp³-hybridized carbons (Fsp3) is 0.294. The first-order valence-corrected chi connectivity index (χ1v) is 6.56. The number of aryl methyl sites for hydroxylation is 1. The molecular formula is C17H18O. The molecule has 3 aromatic rings. The quantitative estimate of drug-likeness (QED) is 0.606. The molecule has 1 heteroatoms. The van der Waals surface area contributed by atoms with Crippen molar-refractivity contribution in [3.8, 4) is 0 Å². The molecule has 0 bridgehead atoms. The Balaban J connectivity index is 2.35. The average molecular weight is 238 g/mol. The third-order valence-corrected chi connectivity index (χ3v) is 3.43. The summed E-state index contributed by atoms with van der Waals surface area (Å²) in [5, 5.41) is 2.47. The van der Waals surface area contributed by atoms with Gasteiger partial charge in [-0.2, -0.15) is 0 Å². The van der Waals surface area contributed by atoms with Crippen molar-refractivity contribution in [2.75, 3.05) is 0 Å². The Kier molecular flexibility index (Phi) is 2.62. The first-order valence-electron chi connectivity index (χ1n) is 6.56. The van der Waals surface area contributed by atoms with Crippen LogP contribution in [0, 0.1) is 12.8 Å². The van der Waals surface area contributed by atoms with Crippen molar-refractivity contribution in [3.05, 3.63) is 47.5 Å². The molecule has 0 amide bonds. The lowest BCUT2D eigenvalue weighted by Gasteiger charge is -2.04. The van der Waals surface area contributed by atoms with E-state index in [0.29, 0.717) is 5.92 Å². The summed E-state index contributed by atoms with van der Waals surface area (Å²) in [6.45, 7) is 6.59. The highest BCUT2D eigenvalue weighted by molar-refractivity contribution is 6.06. The standard InChI is InChI=1S/C17H18O/c1-11(2)10-13-7-5-9-15-14-8-4-6-12(3)16(14)18-17(13)15/h4-9,11H,10H2,1-3H3. The van der Waals surface area contributed by atoms with E-state index in [1.807, 2.05) is 0 Å². The van der Waals surface area contributed by atoms with Crippen LogP contribution in [0.4, 0.5) is 0 Å². The topological polar surface area (TPSA) is 13.1 Å². The molecule has 1 aromatic heterocycles. The van der Waals surface area contributed by atoms with E-state index in [1.54, 1.807) is 0 Å². The van der Waals surface area contributed by atoms with Gasteiger partial charge in [0, 0.05) is 10.8 Å². The van der Waals surface area contributed by atoms with Crippen LogP contribution in [0.15, 0.2) is 40.8 Å². The predicted molar refractivity (Wildman–Crippen MR) is 77.0 cm³/mol. The normalized spacial score (nSPS) is 11.8. The lowest BCUT2D eigenvalue weighted by molar-refractivity contribution is 0.622. The van der Waals surface area contributed by atoms with Crippen molar-refractivity contribution in [2.45, 2.75) is 27.2 Å². The van der Waals surface area contributed by atoms with Gasteiger partial charge in [0.25, 0.3) is 0 Å². The van der Waals surface area contributed by atoms with E-state index in [1.165, 1.54) is 21.9 Å². The van der Waals surface area contributed by atoms with Crippen LogP contribution in [0.3, 0.4) is 0 Å². The number of fused-ring (bicyclic) bond motifs is 3. The van der Waals surface area contributed by atoms with Gasteiger partial charge in [0.2, 0.25) is 0 Å². The maximum Gasteiger partial charge on any atom is 0.138 e. The molecule has 0 spiro atoms. The monoisotopic (exact) mass is 238 g/mol. The number of furan rings is 1. The summed E-state index contributed by atoms with van der Waals surface area (Å²) in [6.07, 6.45) is 1.07. The van der Waals surface area contributed by atoms with Crippen LogP contribution in [0.2, 0.25) is 0 Å². The van der Waals surface area contributed by atoms with Gasteiger partial charge in [-0.3, -0.25) is 0 Å². The molecule has 0 N–H and O–H groups in total. The van der Waals surface area contributed by atoms with E-state index >= 15 is 0 Å². The minimum Gasteiger partial charge on any atom is -0.455 e. The van der Waals surface area contributed by atoms with E-state index in [9.17, 15) is 0 Å². The molecule has 0 aliphatic heterocycles. The Bertz CT molecular complexity index is 704. The van der Waals surface area contributed by atoms with Gasteiger partial charge in [0.05, 0.1) is 0 Å². The van der Waals surface area contributed by atoms with Crippen LogP contribution in [0.1, 0.15) is 25.0 Å². The molecule has 1 heterocycles. The zero-order valence-electron chi connectivity index (χ0n) is 11.2. The van der Waals surface area contributed by atoms with Gasteiger partial charge in [-0.1, -0.05) is 50.2 Å². The van der Waals surface area contributed by atoms with Gasteiger partial charge in [0.1, 0.15) is 11.2 Å². The first kappa shape index (κ1) is 11.3. The summed E-state index contributed by atoms with van der Waals surface area (Å²) in [4.78, 5) is 0. The van der Waals surface area contributed by atoms with Crippen LogP contribution >= 0.6 is 0 Å². The lowest BCUT2D eigenvalue weighted by Crippen LogP contribution is -1.93. The van der Waals surface area contributed by atoms with Crippen molar-refractivity contribution >= 4 is 21.9 Å². The number of hydrogen-bond donors (Lipinski definition) is 0. The summed E-state index contributed by atoms with van der Waals surface area (Å²) in [5.41, 5.74) is 4.62. The lowest BCUT2D eigenvalue weighted by atomic mass is 10.0. The molecule has 0 unspecified atom stereocenters. The van der Waals surface area contributed by atoms with E-state index in [-0.39, 0.29) is 0 Å². The zero-order valence-corrected chi connectivity index (χ0v) is 11.2. The molecule has 0 saturated heterocycles. The molecule has 3 rings (SSSR count). The van der Waals surface area contributed by atoms with Crippen LogP contribution in [0.5, 0.6) is 0 Å². The predicted octanol–water partition coefficient (Wildman–Crippen LogP) is 5.09. The number of hydrogen-bond acceptors (Lipinski definition) is 1. The molecule has 1 nitrogen and oxygen atoms in total. The van der Waals surface area contributed by atoms with Crippen LogP contribution < -0.4 is 0 Å². The fourth-order valence-corrected chi connectivity index (χ4v) is 2.62. The Morgan fingerprint density at radius 1 is 0.944 bits per heavy atom. The average Bonchev–Trinajstić information content (AvgIpc) is 2.70. The van der Waals surface area contributed by atoms with Crippen molar-refractivity contribution in [3.63, 3.8) is 0 Å². The summed E-state index contributed by atoms with van der Waals surface area (Å²) in [5.74, 6) is 0.643. The van der Waals surface area contributed by atoms with Gasteiger partial charge >= 0.3 is 0 Å². The second-order valence-corrected chi connectivity index (χ2v) is 5.45. The molecule has 18 heavy (non-hydrogen) atoms. The fourth-order valence-electron chi connectivity index (χ4n) is 2.62. The van der Waals surface area contributed by atoms with Gasteiger partial charge in [0.15, 0.2) is 0 Å². The number of rotatable bonds is 2. The summed E-state index contributed by atoms with van der Waals surface area (Å²) in [6, 6.07) is 12.8. The first-order chi connectivity index (χ1) is 8.66. The van der Waals surface area contributed by atoms with Crippen molar-refractivity contribution in [1.29, 1.82) is 0 Å². The summed E-state index contributed by atoms with van der Waals surface area (Å²) < 4.78 is 6.12.